The van der Waals surface area contributed by atoms with Crippen molar-refractivity contribution in [2.24, 2.45) is 0 Å². The molecule has 1 N–H and O–H groups in total. The van der Waals surface area contributed by atoms with Crippen LogP contribution in [0.4, 0.5) is 0 Å². The first-order valence-electron chi connectivity index (χ1n) is 6.35. The van der Waals surface area contributed by atoms with E-state index in [1.165, 1.54) is 36.5 Å². The first-order chi connectivity index (χ1) is 7.90. The van der Waals surface area contributed by atoms with Gasteiger partial charge in [-0.1, -0.05) is 6.92 Å². The number of aryl methyl sites for hydroxylation is 1. The van der Waals surface area contributed by atoms with Gasteiger partial charge in [0.1, 0.15) is 0 Å². The molecule has 90 valence electrons. The van der Waals surface area contributed by atoms with Crippen LogP contribution in [0.1, 0.15) is 31.9 Å². The lowest BCUT2D eigenvalue weighted by Crippen LogP contribution is -2.33. The average Bonchev–Trinajstić information content (AvgIpc) is 2.76. The number of nitrogens with zero attached hydrogens (tertiary/aromatic N) is 1. The number of aromatic nitrogens is 1. The highest BCUT2D eigenvalue weighted by Gasteiger charge is 2.13. The summed E-state index contributed by atoms with van der Waals surface area (Å²) in [6.45, 7) is 4.40. The molecule has 0 aliphatic carbocycles. The highest BCUT2D eigenvalue weighted by molar-refractivity contribution is 7.99. The zero-order valence-corrected chi connectivity index (χ0v) is 10.9. The number of hydrogen-bond acceptors (Lipinski definition) is 2. The molecule has 1 saturated heterocycles. The Hall–Kier alpha value is -0.410. The molecule has 2 nitrogen and oxygen atoms in total. The predicted octanol–water partition coefficient (Wildman–Crippen LogP) is 2.88. The van der Waals surface area contributed by atoms with E-state index in [-0.39, 0.29) is 0 Å². The standard InChI is InChI=1S/C13H22N2S/c1-2-7-15-8-3-6-13(15)10-14-12-5-4-9-16-11-12/h3,6,8,12,14H,2,4-5,7,9-11H2,1H3. The van der Waals surface area contributed by atoms with Gasteiger partial charge in [-0.15, -0.1) is 0 Å². The number of hydrogen-bond donors (Lipinski definition) is 1. The third-order valence-electron chi connectivity index (χ3n) is 3.12. The van der Waals surface area contributed by atoms with Gasteiger partial charge in [0.05, 0.1) is 0 Å². The maximum atomic E-state index is 3.68. The molecule has 1 atom stereocenters. The van der Waals surface area contributed by atoms with Crippen LogP contribution < -0.4 is 5.32 Å². The molecule has 0 spiro atoms. The molecular formula is C13H22N2S. The van der Waals surface area contributed by atoms with Gasteiger partial charge in [0.2, 0.25) is 0 Å². The van der Waals surface area contributed by atoms with E-state index in [2.05, 4.69) is 46.9 Å². The first kappa shape index (κ1) is 12.1. The van der Waals surface area contributed by atoms with E-state index in [1.807, 2.05) is 0 Å². The summed E-state index contributed by atoms with van der Waals surface area (Å²) in [7, 11) is 0. The molecule has 1 aromatic heterocycles. The van der Waals surface area contributed by atoms with Crippen molar-refractivity contribution in [1.82, 2.24) is 9.88 Å². The van der Waals surface area contributed by atoms with Crippen molar-refractivity contribution in [3.8, 4) is 0 Å². The maximum Gasteiger partial charge on any atom is 0.0361 e. The average molecular weight is 238 g/mol. The zero-order valence-electron chi connectivity index (χ0n) is 10.1. The minimum Gasteiger partial charge on any atom is -0.350 e. The van der Waals surface area contributed by atoms with Crippen LogP contribution in [0.2, 0.25) is 0 Å². The minimum absolute atomic E-state index is 0.726. The molecule has 0 aromatic carbocycles. The number of thioether (sulfide) groups is 1. The number of rotatable bonds is 5. The van der Waals surface area contributed by atoms with Crippen molar-refractivity contribution in [2.75, 3.05) is 11.5 Å². The van der Waals surface area contributed by atoms with Crippen LogP contribution in [0, 0.1) is 0 Å². The normalized spacial score (nSPS) is 21.2. The van der Waals surface area contributed by atoms with E-state index in [9.17, 15) is 0 Å². The molecule has 0 radical (unpaired) electrons. The summed E-state index contributed by atoms with van der Waals surface area (Å²) < 4.78 is 2.36. The molecular weight excluding hydrogens is 216 g/mol. The topological polar surface area (TPSA) is 17.0 Å². The van der Waals surface area contributed by atoms with Gasteiger partial charge in [-0.25, -0.2) is 0 Å². The molecule has 1 aromatic rings. The SMILES string of the molecule is CCCn1cccc1CNC1CCCSC1. The zero-order chi connectivity index (χ0) is 11.2. The van der Waals surface area contributed by atoms with Crippen LogP contribution in [-0.2, 0) is 13.1 Å². The molecule has 2 rings (SSSR count). The Morgan fingerprint density at radius 2 is 2.50 bits per heavy atom. The molecule has 1 aliphatic rings. The third-order valence-corrected chi connectivity index (χ3v) is 4.34. The Morgan fingerprint density at radius 1 is 1.56 bits per heavy atom. The second-order valence-electron chi connectivity index (χ2n) is 4.49. The van der Waals surface area contributed by atoms with Crippen LogP contribution in [0.15, 0.2) is 18.3 Å². The van der Waals surface area contributed by atoms with E-state index in [1.54, 1.807) is 0 Å². The van der Waals surface area contributed by atoms with Crippen molar-refractivity contribution in [1.29, 1.82) is 0 Å². The summed E-state index contributed by atoms with van der Waals surface area (Å²) in [5.74, 6) is 2.64. The lowest BCUT2D eigenvalue weighted by Gasteiger charge is -2.22. The second kappa shape index (κ2) is 6.36. The molecule has 16 heavy (non-hydrogen) atoms. The largest absolute Gasteiger partial charge is 0.350 e. The summed E-state index contributed by atoms with van der Waals surface area (Å²) in [6, 6.07) is 5.12. The fourth-order valence-electron chi connectivity index (χ4n) is 2.22. The Morgan fingerprint density at radius 3 is 3.25 bits per heavy atom. The van der Waals surface area contributed by atoms with Gasteiger partial charge in [-0.2, -0.15) is 11.8 Å². The molecule has 2 heterocycles. The van der Waals surface area contributed by atoms with Gasteiger partial charge in [-0.05, 0) is 37.1 Å². The van der Waals surface area contributed by atoms with Gasteiger partial charge < -0.3 is 9.88 Å². The van der Waals surface area contributed by atoms with Gasteiger partial charge in [0.25, 0.3) is 0 Å². The second-order valence-corrected chi connectivity index (χ2v) is 5.64. The van der Waals surface area contributed by atoms with Crippen LogP contribution in [-0.4, -0.2) is 22.1 Å². The van der Waals surface area contributed by atoms with Crippen LogP contribution >= 0.6 is 11.8 Å². The molecule has 1 aliphatic heterocycles. The van der Waals surface area contributed by atoms with Gasteiger partial charge in [-0.3, -0.25) is 0 Å². The Balaban J connectivity index is 1.81. The van der Waals surface area contributed by atoms with E-state index in [0.717, 1.165) is 19.1 Å². The molecule has 0 amide bonds. The van der Waals surface area contributed by atoms with Gasteiger partial charge >= 0.3 is 0 Å². The van der Waals surface area contributed by atoms with Crippen molar-refractivity contribution >= 4 is 11.8 Å². The summed E-state index contributed by atoms with van der Waals surface area (Å²) in [5.41, 5.74) is 1.43. The first-order valence-corrected chi connectivity index (χ1v) is 7.50. The Labute approximate surface area is 103 Å². The third kappa shape index (κ3) is 3.29. The van der Waals surface area contributed by atoms with Crippen LogP contribution in [0.25, 0.3) is 0 Å². The van der Waals surface area contributed by atoms with Crippen LogP contribution in [0.3, 0.4) is 0 Å². The van der Waals surface area contributed by atoms with Crippen molar-refractivity contribution < 1.29 is 0 Å². The Bertz CT molecular complexity index is 303. The lowest BCUT2D eigenvalue weighted by molar-refractivity contribution is 0.492. The highest BCUT2D eigenvalue weighted by atomic mass is 32.2. The van der Waals surface area contributed by atoms with Crippen LogP contribution in [0.5, 0.6) is 0 Å². The smallest absolute Gasteiger partial charge is 0.0361 e. The number of nitrogens with one attached hydrogen (secondary N) is 1. The fraction of sp³-hybridized carbons (Fsp3) is 0.692. The minimum atomic E-state index is 0.726. The maximum absolute atomic E-state index is 3.68. The lowest BCUT2D eigenvalue weighted by atomic mass is 10.2. The quantitative estimate of drug-likeness (QED) is 0.849. The highest BCUT2D eigenvalue weighted by Crippen LogP contribution is 2.17. The van der Waals surface area contributed by atoms with E-state index < -0.39 is 0 Å². The van der Waals surface area contributed by atoms with E-state index in [0.29, 0.717) is 0 Å². The Kier molecular flexibility index (Phi) is 4.79. The molecule has 0 bridgehead atoms. The molecule has 1 fully saturated rings. The summed E-state index contributed by atoms with van der Waals surface area (Å²) in [6.07, 6.45) is 6.12. The predicted molar refractivity (Wildman–Crippen MR) is 71.9 cm³/mol. The van der Waals surface area contributed by atoms with Crippen molar-refractivity contribution in [2.45, 2.75) is 45.3 Å². The van der Waals surface area contributed by atoms with Crippen molar-refractivity contribution in [3.05, 3.63) is 24.0 Å². The molecule has 3 heteroatoms. The van der Waals surface area contributed by atoms with Crippen molar-refractivity contribution in [3.63, 3.8) is 0 Å². The summed E-state index contributed by atoms with van der Waals surface area (Å²) in [5, 5.41) is 3.68. The summed E-state index contributed by atoms with van der Waals surface area (Å²) >= 11 is 2.09. The van der Waals surface area contributed by atoms with Gasteiger partial charge in [0, 0.05) is 36.8 Å². The fourth-order valence-corrected chi connectivity index (χ4v) is 3.33. The molecule has 0 saturated carbocycles. The monoisotopic (exact) mass is 238 g/mol. The summed E-state index contributed by atoms with van der Waals surface area (Å²) in [4.78, 5) is 0. The van der Waals surface area contributed by atoms with Gasteiger partial charge in [0.15, 0.2) is 0 Å². The van der Waals surface area contributed by atoms with E-state index >= 15 is 0 Å². The molecule has 1 unspecified atom stereocenters. The van der Waals surface area contributed by atoms with E-state index in [4.69, 9.17) is 0 Å².